The van der Waals surface area contributed by atoms with Gasteiger partial charge in [-0.1, -0.05) is 51.6 Å². The lowest BCUT2D eigenvalue weighted by Crippen LogP contribution is -2.38. The molecule has 5 rings (SSSR count). The molecular formula is C20H17BrN4O3S. The molecule has 7 nitrogen and oxygen atoms in total. The van der Waals surface area contributed by atoms with Crippen molar-refractivity contribution in [2.24, 2.45) is 23.7 Å². The average molecular weight is 473 g/mol. The molecule has 0 radical (unpaired) electrons. The van der Waals surface area contributed by atoms with E-state index in [0.29, 0.717) is 5.13 Å². The van der Waals surface area contributed by atoms with Gasteiger partial charge in [-0.25, -0.2) is 0 Å². The minimum absolute atomic E-state index is 0.0269. The number of halogens is 1. The zero-order valence-electron chi connectivity index (χ0n) is 15.2. The van der Waals surface area contributed by atoms with Crippen LogP contribution in [0.5, 0.6) is 0 Å². The number of carbonyl (C=O) groups excluding carboxylic acids is 3. The summed E-state index contributed by atoms with van der Waals surface area (Å²) < 4.78 is 0.886. The van der Waals surface area contributed by atoms with E-state index < -0.39 is 6.04 Å². The first-order chi connectivity index (χ1) is 14.0. The number of imide groups is 1. The monoisotopic (exact) mass is 472 g/mol. The number of rotatable bonds is 5. The first-order valence-corrected chi connectivity index (χ1v) is 11.1. The summed E-state index contributed by atoms with van der Waals surface area (Å²) in [6.07, 6.45) is 4.98. The van der Waals surface area contributed by atoms with E-state index in [1.54, 1.807) is 0 Å². The highest BCUT2D eigenvalue weighted by Crippen LogP contribution is 2.54. The van der Waals surface area contributed by atoms with E-state index in [1.807, 2.05) is 24.3 Å². The van der Waals surface area contributed by atoms with Crippen molar-refractivity contribution in [3.63, 3.8) is 0 Å². The number of anilines is 1. The van der Waals surface area contributed by atoms with Gasteiger partial charge in [-0.05, 0) is 36.0 Å². The molecule has 2 aromatic rings. The van der Waals surface area contributed by atoms with E-state index in [4.69, 9.17) is 0 Å². The number of fused-ring (bicyclic) bond motifs is 5. The number of nitrogens with one attached hydrogen (secondary N) is 1. The van der Waals surface area contributed by atoms with Crippen LogP contribution in [0.2, 0.25) is 0 Å². The first-order valence-electron chi connectivity index (χ1n) is 9.39. The predicted octanol–water partition coefficient (Wildman–Crippen LogP) is 3.18. The zero-order chi connectivity index (χ0) is 20.1. The molecule has 29 heavy (non-hydrogen) atoms. The Morgan fingerprint density at radius 1 is 1.17 bits per heavy atom. The quantitative estimate of drug-likeness (QED) is 0.532. The number of allylic oxidation sites excluding steroid dienone is 2. The first kappa shape index (κ1) is 18.6. The zero-order valence-corrected chi connectivity index (χ0v) is 17.6. The van der Waals surface area contributed by atoms with Crippen molar-refractivity contribution in [3.05, 3.63) is 52.0 Å². The lowest BCUT2D eigenvalue weighted by molar-refractivity contribution is -0.144. The summed E-state index contributed by atoms with van der Waals surface area (Å²) in [7, 11) is 0. The second-order valence-electron chi connectivity index (χ2n) is 7.61. The van der Waals surface area contributed by atoms with Crippen LogP contribution in [0, 0.1) is 23.7 Å². The SMILES string of the molecule is O=C(CC(c1ccc(Br)cc1)N1C(=O)C2C3C=CC(C3)C2C1=O)Nc1nncs1. The summed E-state index contributed by atoms with van der Waals surface area (Å²) in [5.74, 6) is -0.946. The summed E-state index contributed by atoms with van der Waals surface area (Å²) in [5.41, 5.74) is 2.28. The smallest absolute Gasteiger partial charge is 0.234 e. The van der Waals surface area contributed by atoms with Crippen molar-refractivity contribution < 1.29 is 14.4 Å². The molecule has 3 amide bonds. The minimum Gasteiger partial charge on any atom is -0.300 e. The van der Waals surface area contributed by atoms with Gasteiger partial charge in [0.15, 0.2) is 0 Å². The Bertz CT molecular complexity index is 977. The van der Waals surface area contributed by atoms with Crippen LogP contribution in [-0.2, 0) is 14.4 Å². The molecule has 2 aliphatic carbocycles. The van der Waals surface area contributed by atoms with Crippen molar-refractivity contribution in [1.82, 2.24) is 15.1 Å². The third-order valence-corrected chi connectivity index (χ3v) is 7.19. The second kappa shape index (κ2) is 7.14. The minimum atomic E-state index is -0.652. The van der Waals surface area contributed by atoms with Crippen molar-refractivity contribution in [3.8, 4) is 0 Å². The van der Waals surface area contributed by atoms with Gasteiger partial charge in [0.2, 0.25) is 22.9 Å². The second-order valence-corrected chi connectivity index (χ2v) is 9.36. The molecule has 1 aromatic heterocycles. The lowest BCUT2D eigenvalue weighted by Gasteiger charge is -2.28. The predicted molar refractivity (Wildman–Crippen MR) is 110 cm³/mol. The Morgan fingerprint density at radius 2 is 1.83 bits per heavy atom. The van der Waals surface area contributed by atoms with Crippen molar-refractivity contribution >= 4 is 50.1 Å². The fraction of sp³-hybridized carbons (Fsp3) is 0.350. The molecule has 148 valence electrons. The maximum atomic E-state index is 13.3. The van der Waals surface area contributed by atoms with Crippen LogP contribution >= 0.6 is 27.3 Å². The Kier molecular flexibility index (Phi) is 4.59. The van der Waals surface area contributed by atoms with Crippen molar-refractivity contribution in [2.75, 3.05) is 5.32 Å². The van der Waals surface area contributed by atoms with Gasteiger partial charge in [0.05, 0.1) is 24.3 Å². The Balaban J connectivity index is 1.45. The molecular weight excluding hydrogens is 456 g/mol. The molecule has 1 saturated heterocycles. The normalized spacial score (nSPS) is 28.1. The van der Waals surface area contributed by atoms with Gasteiger partial charge in [-0.15, -0.1) is 10.2 Å². The number of hydrogen-bond acceptors (Lipinski definition) is 6. The number of benzene rings is 1. The van der Waals surface area contributed by atoms with Crippen LogP contribution in [0.3, 0.4) is 0 Å². The third kappa shape index (κ3) is 3.12. The molecule has 0 spiro atoms. The van der Waals surface area contributed by atoms with E-state index >= 15 is 0 Å². The summed E-state index contributed by atoms with van der Waals surface area (Å²) >= 11 is 4.62. The molecule has 1 aromatic carbocycles. The van der Waals surface area contributed by atoms with Crippen LogP contribution < -0.4 is 5.32 Å². The maximum Gasteiger partial charge on any atom is 0.234 e. The van der Waals surface area contributed by atoms with Gasteiger partial charge >= 0.3 is 0 Å². The molecule has 1 aliphatic heterocycles. The highest BCUT2D eigenvalue weighted by molar-refractivity contribution is 9.10. The van der Waals surface area contributed by atoms with E-state index in [9.17, 15) is 14.4 Å². The summed E-state index contributed by atoms with van der Waals surface area (Å²) in [4.78, 5) is 40.6. The van der Waals surface area contributed by atoms with Gasteiger partial charge in [-0.3, -0.25) is 19.3 Å². The van der Waals surface area contributed by atoms with Crippen LogP contribution in [0.1, 0.15) is 24.4 Å². The largest absolute Gasteiger partial charge is 0.300 e. The summed E-state index contributed by atoms with van der Waals surface area (Å²) in [6, 6.07) is 6.73. The number of amides is 3. The highest BCUT2D eigenvalue weighted by Gasteiger charge is 2.60. The molecule has 1 N–H and O–H groups in total. The fourth-order valence-electron chi connectivity index (χ4n) is 4.85. The molecule has 1 saturated carbocycles. The van der Waals surface area contributed by atoms with Crippen LogP contribution in [0.25, 0.3) is 0 Å². The van der Waals surface area contributed by atoms with Gasteiger partial charge in [-0.2, -0.15) is 0 Å². The van der Waals surface area contributed by atoms with Gasteiger partial charge in [0.25, 0.3) is 0 Å². The fourth-order valence-corrected chi connectivity index (χ4v) is 5.57. The molecule has 3 aliphatic rings. The third-order valence-electron chi connectivity index (χ3n) is 6.06. The standard InChI is InChI=1S/C20H17BrN4O3S/c21-13-5-3-10(4-6-13)14(8-15(26)23-20-24-22-9-29-20)25-18(27)16-11-1-2-12(7-11)17(16)19(25)28/h1-6,9,11-12,14,16-17H,7-8H2,(H,23,24,26). The van der Waals surface area contributed by atoms with E-state index in [0.717, 1.165) is 16.5 Å². The summed E-state index contributed by atoms with van der Waals surface area (Å²) in [5, 5.41) is 10.6. The van der Waals surface area contributed by atoms with Crippen LogP contribution in [0.4, 0.5) is 5.13 Å². The number of carbonyl (C=O) groups is 3. The van der Waals surface area contributed by atoms with E-state index in [1.165, 1.54) is 21.7 Å². The molecule has 5 atom stereocenters. The maximum absolute atomic E-state index is 13.3. The van der Waals surface area contributed by atoms with Crippen LogP contribution in [0.15, 0.2) is 46.4 Å². The number of nitrogens with zero attached hydrogens (tertiary/aromatic N) is 3. The molecule has 2 bridgehead atoms. The van der Waals surface area contributed by atoms with Gasteiger partial charge in [0.1, 0.15) is 5.51 Å². The molecule has 2 heterocycles. The van der Waals surface area contributed by atoms with Crippen LogP contribution in [-0.4, -0.2) is 32.8 Å². The molecule has 2 fully saturated rings. The Morgan fingerprint density at radius 3 is 2.41 bits per heavy atom. The van der Waals surface area contributed by atoms with Crippen molar-refractivity contribution in [1.29, 1.82) is 0 Å². The van der Waals surface area contributed by atoms with Gasteiger partial charge < -0.3 is 5.32 Å². The Hall–Kier alpha value is -2.39. The lowest BCUT2D eigenvalue weighted by atomic mass is 9.85. The number of likely N-dealkylation sites (tertiary alicyclic amines) is 1. The average Bonchev–Trinajstić information content (AvgIpc) is 3.47. The topological polar surface area (TPSA) is 92.3 Å². The molecule has 9 heteroatoms. The van der Waals surface area contributed by atoms with E-state index in [-0.39, 0.29) is 47.8 Å². The highest BCUT2D eigenvalue weighted by atomic mass is 79.9. The Labute approximate surface area is 179 Å². The summed E-state index contributed by atoms with van der Waals surface area (Å²) in [6.45, 7) is 0. The number of hydrogen-bond donors (Lipinski definition) is 1. The van der Waals surface area contributed by atoms with Gasteiger partial charge in [0, 0.05) is 4.47 Å². The molecule has 5 unspecified atom stereocenters. The number of aromatic nitrogens is 2. The van der Waals surface area contributed by atoms with E-state index in [2.05, 4.69) is 43.6 Å². The van der Waals surface area contributed by atoms with Crippen molar-refractivity contribution in [2.45, 2.75) is 18.9 Å².